The molecule has 0 aromatic heterocycles. The molecule has 1 aromatic rings. The van der Waals surface area contributed by atoms with E-state index in [9.17, 15) is 14.7 Å². The van der Waals surface area contributed by atoms with Crippen molar-refractivity contribution < 1.29 is 19.9 Å². The number of aliphatic carboxylic acids is 1. The summed E-state index contributed by atoms with van der Waals surface area (Å²) in [6.07, 6.45) is 8.16. The van der Waals surface area contributed by atoms with Crippen molar-refractivity contribution in [2.75, 3.05) is 0 Å². The Bertz CT molecular complexity index is 606. The Hall–Kier alpha value is -2.18. The zero-order valence-corrected chi connectivity index (χ0v) is 14.4. The summed E-state index contributed by atoms with van der Waals surface area (Å²) in [5, 5.41) is 21.3. The van der Waals surface area contributed by atoms with Crippen LogP contribution in [0.4, 0.5) is 0 Å². The minimum atomic E-state index is -0.784. The molecule has 0 bridgehead atoms. The summed E-state index contributed by atoms with van der Waals surface area (Å²) in [5.41, 5.74) is 3.35. The quantitative estimate of drug-likeness (QED) is 0.346. The Labute approximate surface area is 147 Å². The molecular formula is C19H26N2O4. The summed E-state index contributed by atoms with van der Waals surface area (Å²) in [6.45, 7) is 1.96. The SMILES string of the molecule is CC(N[C@H](C(=O)O)C1CCCCC1)c1ccc(/C=C/C(=O)NO)cc1. The van der Waals surface area contributed by atoms with E-state index >= 15 is 0 Å². The third-order valence-corrected chi connectivity index (χ3v) is 4.79. The predicted octanol–water partition coefficient (Wildman–Crippen LogP) is 2.89. The molecular weight excluding hydrogens is 320 g/mol. The number of carbonyl (C=O) groups is 2. The second-order valence-corrected chi connectivity index (χ2v) is 6.58. The van der Waals surface area contributed by atoms with Gasteiger partial charge in [-0.3, -0.25) is 20.1 Å². The van der Waals surface area contributed by atoms with E-state index in [1.165, 1.54) is 18.0 Å². The van der Waals surface area contributed by atoms with Crippen LogP contribution in [0.15, 0.2) is 30.3 Å². The van der Waals surface area contributed by atoms with E-state index in [1.807, 2.05) is 31.2 Å². The zero-order valence-electron chi connectivity index (χ0n) is 14.4. The lowest BCUT2D eigenvalue weighted by Crippen LogP contribution is -2.44. The molecule has 6 heteroatoms. The molecule has 1 saturated carbocycles. The number of carbonyl (C=O) groups excluding carboxylic acids is 1. The van der Waals surface area contributed by atoms with Crippen molar-refractivity contribution in [2.24, 2.45) is 5.92 Å². The van der Waals surface area contributed by atoms with Crippen molar-refractivity contribution in [3.63, 3.8) is 0 Å². The van der Waals surface area contributed by atoms with Crippen LogP contribution in [0.2, 0.25) is 0 Å². The summed E-state index contributed by atoms with van der Waals surface area (Å²) < 4.78 is 0. The molecule has 0 radical (unpaired) electrons. The largest absolute Gasteiger partial charge is 0.480 e. The Kier molecular flexibility index (Phi) is 7.16. The highest BCUT2D eigenvalue weighted by Gasteiger charge is 2.30. The number of rotatable bonds is 7. The van der Waals surface area contributed by atoms with Gasteiger partial charge in [0.25, 0.3) is 5.91 Å². The van der Waals surface area contributed by atoms with Crippen LogP contribution < -0.4 is 10.8 Å². The molecule has 2 rings (SSSR count). The molecule has 25 heavy (non-hydrogen) atoms. The lowest BCUT2D eigenvalue weighted by Gasteiger charge is -2.30. The van der Waals surface area contributed by atoms with Gasteiger partial charge >= 0.3 is 5.97 Å². The second-order valence-electron chi connectivity index (χ2n) is 6.58. The Morgan fingerprint density at radius 3 is 2.36 bits per heavy atom. The maximum absolute atomic E-state index is 11.7. The molecule has 0 saturated heterocycles. The van der Waals surface area contributed by atoms with Crippen molar-refractivity contribution in [3.05, 3.63) is 41.5 Å². The van der Waals surface area contributed by atoms with Crippen LogP contribution in [0.3, 0.4) is 0 Å². The fraction of sp³-hybridized carbons (Fsp3) is 0.474. The molecule has 2 atom stereocenters. The Balaban J connectivity index is 2.00. The summed E-state index contributed by atoms with van der Waals surface area (Å²) in [4.78, 5) is 22.6. The number of carboxylic acid groups (broad SMARTS) is 1. The van der Waals surface area contributed by atoms with Gasteiger partial charge in [0, 0.05) is 12.1 Å². The first-order valence-electron chi connectivity index (χ1n) is 8.72. The first kappa shape index (κ1) is 19.1. The van der Waals surface area contributed by atoms with Gasteiger partial charge in [-0.1, -0.05) is 43.5 Å². The molecule has 1 aliphatic rings. The van der Waals surface area contributed by atoms with Gasteiger partial charge in [-0.15, -0.1) is 0 Å². The summed E-state index contributed by atoms with van der Waals surface area (Å²) in [5.74, 6) is -1.18. The van der Waals surface area contributed by atoms with Gasteiger partial charge in [-0.2, -0.15) is 0 Å². The van der Waals surface area contributed by atoms with Gasteiger partial charge in [-0.25, -0.2) is 5.48 Å². The van der Waals surface area contributed by atoms with E-state index < -0.39 is 17.9 Å². The molecule has 4 N–H and O–H groups in total. The summed E-state index contributed by atoms with van der Waals surface area (Å²) in [7, 11) is 0. The molecule has 1 aliphatic carbocycles. The number of nitrogens with one attached hydrogen (secondary N) is 2. The van der Waals surface area contributed by atoms with Crippen molar-refractivity contribution in [2.45, 2.75) is 51.1 Å². The Morgan fingerprint density at radius 2 is 1.80 bits per heavy atom. The molecule has 136 valence electrons. The molecule has 0 spiro atoms. The first-order chi connectivity index (χ1) is 12.0. The van der Waals surface area contributed by atoms with Crippen LogP contribution in [0.25, 0.3) is 6.08 Å². The number of hydrogen-bond donors (Lipinski definition) is 4. The fourth-order valence-corrected chi connectivity index (χ4v) is 3.35. The van der Waals surface area contributed by atoms with Gasteiger partial charge in [0.1, 0.15) is 6.04 Å². The van der Waals surface area contributed by atoms with Crippen LogP contribution in [-0.2, 0) is 9.59 Å². The third kappa shape index (κ3) is 5.69. The number of hydroxylamine groups is 1. The van der Waals surface area contributed by atoms with E-state index in [0.29, 0.717) is 0 Å². The predicted molar refractivity (Wildman–Crippen MR) is 95.0 cm³/mol. The minimum Gasteiger partial charge on any atom is -0.480 e. The average molecular weight is 346 g/mol. The minimum absolute atomic E-state index is 0.0817. The lowest BCUT2D eigenvalue weighted by molar-refractivity contribution is -0.141. The normalized spacial score (nSPS) is 18.0. The lowest BCUT2D eigenvalue weighted by atomic mass is 9.83. The summed E-state index contributed by atoms with van der Waals surface area (Å²) >= 11 is 0. The van der Waals surface area contributed by atoms with E-state index in [0.717, 1.165) is 36.8 Å². The molecule has 1 aromatic carbocycles. The number of carboxylic acids is 1. The smallest absolute Gasteiger partial charge is 0.320 e. The third-order valence-electron chi connectivity index (χ3n) is 4.79. The standard InChI is InChI=1S/C19H26N2O4/c1-13(20-18(19(23)24)16-5-3-2-4-6-16)15-10-7-14(8-11-15)9-12-17(22)21-25/h7-13,16,18,20,25H,2-6H2,1H3,(H,21,22)(H,23,24)/b12-9+/t13?,18-/m0/s1. The van der Waals surface area contributed by atoms with Crippen LogP contribution in [-0.4, -0.2) is 28.2 Å². The molecule has 1 unspecified atom stereocenters. The highest BCUT2D eigenvalue weighted by molar-refractivity contribution is 5.90. The number of amides is 1. The zero-order chi connectivity index (χ0) is 18.2. The molecule has 6 nitrogen and oxygen atoms in total. The van der Waals surface area contributed by atoms with Crippen LogP contribution in [0.5, 0.6) is 0 Å². The number of benzene rings is 1. The Morgan fingerprint density at radius 1 is 1.16 bits per heavy atom. The molecule has 1 amide bonds. The van der Waals surface area contributed by atoms with Crippen LogP contribution in [0.1, 0.15) is 56.2 Å². The number of hydrogen-bond acceptors (Lipinski definition) is 4. The van der Waals surface area contributed by atoms with Gasteiger partial charge in [-0.05, 0) is 42.9 Å². The molecule has 0 heterocycles. The van der Waals surface area contributed by atoms with Crippen LogP contribution in [0, 0.1) is 5.92 Å². The molecule has 1 fully saturated rings. The van der Waals surface area contributed by atoms with Crippen molar-refractivity contribution in [1.29, 1.82) is 0 Å². The fourth-order valence-electron chi connectivity index (χ4n) is 3.35. The maximum atomic E-state index is 11.7. The maximum Gasteiger partial charge on any atom is 0.320 e. The van der Waals surface area contributed by atoms with Gasteiger partial charge < -0.3 is 5.11 Å². The highest BCUT2D eigenvalue weighted by Crippen LogP contribution is 2.28. The van der Waals surface area contributed by atoms with Crippen molar-refractivity contribution >= 4 is 18.0 Å². The summed E-state index contributed by atoms with van der Waals surface area (Å²) in [6, 6.07) is 6.92. The topological polar surface area (TPSA) is 98.7 Å². The first-order valence-corrected chi connectivity index (χ1v) is 8.72. The highest BCUT2D eigenvalue weighted by atomic mass is 16.5. The van der Waals surface area contributed by atoms with Crippen molar-refractivity contribution in [1.82, 2.24) is 10.8 Å². The van der Waals surface area contributed by atoms with Crippen molar-refractivity contribution in [3.8, 4) is 0 Å². The van der Waals surface area contributed by atoms with E-state index in [4.69, 9.17) is 5.21 Å². The second kappa shape index (κ2) is 9.34. The van der Waals surface area contributed by atoms with Gasteiger partial charge in [0.15, 0.2) is 0 Å². The van der Waals surface area contributed by atoms with E-state index in [-0.39, 0.29) is 12.0 Å². The van der Waals surface area contributed by atoms with Gasteiger partial charge in [0.2, 0.25) is 0 Å². The van der Waals surface area contributed by atoms with Crippen LogP contribution >= 0.6 is 0 Å². The van der Waals surface area contributed by atoms with E-state index in [2.05, 4.69) is 5.32 Å². The van der Waals surface area contributed by atoms with Gasteiger partial charge in [0.05, 0.1) is 0 Å². The van der Waals surface area contributed by atoms with E-state index in [1.54, 1.807) is 6.08 Å². The average Bonchev–Trinajstić information content (AvgIpc) is 2.64. The monoisotopic (exact) mass is 346 g/mol. The molecule has 0 aliphatic heterocycles.